The zero-order valence-corrected chi connectivity index (χ0v) is 20.7. The molecule has 33 heavy (non-hydrogen) atoms. The number of halogens is 1. The second-order valence-electron chi connectivity index (χ2n) is 7.53. The first-order valence-electron chi connectivity index (χ1n) is 10.4. The summed E-state index contributed by atoms with van der Waals surface area (Å²) in [5, 5.41) is 0.679. The molecule has 0 atom stereocenters. The van der Waals surface area contributed by atoms with Crippen molar-refractivity contribution < 1.29 is 14.3 Å². The van der Waals surface area contributed by atoms with Gasteiger partial charge >= 0.3 is 0 Å². The predicted molar refractivity (Wildman–Crippen MR) is 134 cm³/mol. The normalized spacial score (nSPS) is 10.7. The van der Waals surface area contributed by atoms with Gasteiger partial charge in [0.1, 0.15) is 0 Å². The third-order valence-electron chi connectivity index (χ3n) is 5.40. The molecule has 0 aliphatic heterocycles. The average Bonchev–Trinajstić information content (AvgIpc) is 3.49. The maximum absolute atomic E-state index is 13.8. The molecule has 0 radical (unpaired) electrons. The summed E-state index contributed by atoms with van der Waals surface area (Å²) in [5.74, 6) is 0.779. The van der Waals surface area contributed by atoms with Crippen molar-refractivity contribution in [2.45, 2.75) is 26.8 Å². The first-order valence-corrected chi connectivity index (χ1v) is 11.2. The summed E-state index contributed by atoms with van der Waals surface area (Å²) in [4.78, 5) is 24.5. The molecule has 0 N–H and O–H groups in total. The predicted octanol–water partition coefficient (Wildman–Crippen LogP) is 5.29. The number of imidazole rings is 1. The topological polar surface area (TPSA) is 69.5 Å². The Labute approximate surface area is 203 Å². The van der Waals surface area contributed by atoms with Crippen LogP contribution in [0.5, 0.6) is 11.5 Å². The minimum atomic E-state index is -0.166. The van der Waals surface area contributed by atoms with Crippen LogP contribution >= 0.6 is 23.7 Å². The molecule has 0 unspecified atom stereocenters. The number of ether oxygens (including phenoxy) is 2. The van der Waals surface area contributed by atoms with Gasteiger partial charge in [0, 0.05) is 25.5 Å². The van der Waals surface area contributed by atoms with Gasteiger partial charge in [-0.3, -0.25) is 9.69 Å². The quantitative estimate of drug-likeness (QED) is 0.338. The van der Waals surface area contributed by atoms with Gasteiger partial charge in [-0.25, -0.2) is 9.97 Å². The number of fused-ring (bicyclic) bond motifs is 1. The van der Waals surface area contributed by atoms with E-state index < -0.39 is 0 Å². The van der Waals surface area contributed by atoms with Gasteiger partial charge in [-0.05, 0) is 43.5 Å². The van der Waals surface area contributed by atoms with E-state index in [-0.39, 0.29) is 18.3 Å². The summed E-state index contributed by atoms with van der Waals surface area (Å²) in [5.41, 5.74) is 3.63. The molecule has 1 amide bonds. The Bertz CT molecular complexity index is 1200. The Morgan fingerprint density at radius 1 is 1.12 bits per heavy atom. The van der Waals surface area contributed by atoms with Gasteiger partial charge in [-0.1, -0.05) is 29.5 Å². The Morgan fingerprint density at radius 3 is 2.58 bits per heavy atom. The Kier molecular flexibility index (Phi) is 7.94. The monoisotopic (exact) mass is 486 g/mol. The standard InChI is InChI=1S/C24H26N4O3S.ClH/c1-16-9-10-17(2)22-20(16)26-24(32-22)28(13-6-12-27-14-11-25-15-27)23(29)18-7-5-8-19(30-3)21(18)31-4;/h5,7-11,14-15H,6,12-13H2,1-4H3;1H. The molecule has 4 rings (SSSR count). The summed E-state index contributed by atoms with van der Waals surface area (Å²) in [6.07, 6.45) is 6.20. The summed E-state index contributed by atoms with van der Waals surface area (Å²) >= 11 is 1.54. The van der Waals surface area contributed by atoms with Gasteiger partial charge in [0.05, 0.1) is 36.3 Å². The largest absolute Gasteiger partial charge is 0.493 e. The lowest BCUT2D eigenvalue weighted by molar-refractivity contribution is 0.0982. The number of thiazole rings is 1. The van der Waals surface area contributed by atoms with Gasteiger partial charge in [-0.15, -0.1) is 12.4 Å². The molecule has 0 spiro atoms. The fraction of sp³-hybridized carbons (Fsp3) is 0.292. The van der Waals surface area contributed by atoms with E-state index in [0.29, 0.717) is 28.7 Å². The number of rotatable bonds is 8. The smallest absolute Gasteiger partial charge is 0.263 e. The van der Waals surface area contributed by atoms with Crippen molar-refractivity contribution in [2.75, 3.05) is 25.7 Å². The number of hydrogen-bond donors (Lipinski definition) is 0. The second kappa shape index (κ2) is 10.7. The molecule has 0 bridgehead atoms. The lowest BCUT2D eigenvalue weighted by Crippen LogP contribution is -2.32. The fourth-order valence-electron chi connectivity index (χ4n) is 3.68. The molecule has 2 aromatic carbocycles. The van der Waals surface area contributed by atoms with E-state index in [0.717, 1.165) is 34.3 Å². The van der Waals surface area contributed by atoms with Crippen LogP contribution in [0.1, 0.15) is 27.9 Å². The number of benzene rings is 2. The van der Waals surface area contributed by atoms with Gasteiger partial charge in [0.15, 0.2) is 16.6 Å². The highest BCUT2D eigenvalue weighted by atomic mass is 35.5. The van der Waals surface area contributed by atoms with Gasteiger partial charge in [0.25, 0.3) is 5.91 Å². The average molecular weight is 487 g/mol. The van der Waals surface area contributed by atoms with E-state index in [1.165, 1.54) is 0 Å². The third-order valence-corrected chi connectivity index (χ3v) is 6.61. The van der Waals surface area contributed by atoms with Crippen LogP contribution in [0.4, 0.5) is 5.13 Å². The SMILES string of the molecule is COc1cccc(C(=O)N(CCCn2ccnc2)c2nc3c(C)ccc(C)c3s2)c1OC.Cl. The van der Waals surface area contributed by atoms with Crippen LogP contribution in [-0.4, -0.2) is 41.2 Å². The highest BCUT2D eigenvalue weighted by Crippen LogP contribution is 2.36. The van der Waals surface area contributed by atoms with Crippen molar-refractivity contribution in [1.82, 2.24) is 14.5 Å². The van der Waals surface area contributed by atoms with Crippen molar-refractivity contribution in [3.05, 3.63) is 65.7 Å². The van der Waals surface area contributed by atoms with Crippen molar-refractivity contribution in [2.24, 2.45) is 0 Å². The van der Waals surface area contributed by atoms with Gasteiger partial charge < -0.3 is 14.0 Å². The van der Waals surface area contributed by atoms with E-state index >= 15 is 0 Å². The van der Waals surface area contributed by atoms with Crippen molar-refractivity contribution in [1.29, 1.82) is 0 Å². The molecule has 2 aromatic heterocycles. The van der Waals surface area contributed by atoms with E-state index in [4.69, 9.17) is 14.5 Å². The number of anilines is 1. The summed E-state index contributed by atoms with van der Waals surface area (Å²) < 4.78 is 14.0. The lowest BCUT2D eigenvalue weighted by Gasteiger charge is -2.22. The third kappa shape index (κ3) is 4.96. The van der Waals surface area contributed by atoms with Gasteiger partial charge in [0.2, 0.25) is 0 Å². The van der Waals surface area contributed by atoms with Crippen molar-refractivity contribution in [3.63, 3.8) is 0 Å². The number of nitrogens with zero attached hydrogens (tertiary/aromatic N) is 4. The van der Waals surface area contributed by atoms with Crippen molar-refractivity contribution >= 4 is 45.0 Å². The van der Waals surface area contributed by atoms with Crippen LogP contribution in [0.25, 0.3) is 10.2 Å². The Morgan fingerprint density at radius 2 is 1.91 bits per heavy atom. The van der Waals surface area contributed by atoms with Crippen LogP contribution in [0, 0.1) is 13.8 Å². The van der Waals surface area contributed by atoms with E-state index in [2.05, 4.69) is 24.0 Å². The highest BCUT2D eigenvalue weighted by molar-refractivity contribution is 7.22. The number of carbonyl (C=O) groups is 1. The summed E-state index contributed by atoms with van der Waals surface area (Å²) in [6.45, 7) is 5.37. The van der Waals surface area contributed by atoms with Crippen LogP contribution < -0.4 is 14.4 Å². The first-order chi connectivity index (χ1) is 15.5. The molecular weight excluding hydrogens is 460 g/mol. The Hall–Kier alpha value is -3.10. The summed E-state index contributed by atoms with van der Waals surface area (Å²) in [6, 6.07) is 9.50. The van der Waals surface area contributed by atoms with Gasteiger partial charge in [-0.2, -0.15) is 0 Å². The number of aryl methyl sites for hydroxylation is 3. The number of methoxy groups -OCH3 is 2. The number of carbonyl (C=O) groups excluding carboxylic acids is 1. The summed E-state index contributed by atoms with van der Waals surface area (Å²) in [7, 11) is 3.11. The second-order valence-corrected chi connectivity index (χ2v) is 8.50. The molecule has 0 saturated carbocycles. The van der Waals surface area contributed by atoms with Crippen LogP contribution in [-0.2, 0) is 6.54 Å². The van der Waals surface area contributed by atoms with Crippen LogP contribution in [0.2, 0.25) is 0 Å². The number of amides is 1. The first kappa shape index (κ1) is 24.5. The highest BCUT2D eigenvalue weighted by Gasteiger charge is 2.26. The number of aromatic nitrogens is 3. The Balaban J connectivity index is 0.00000306. The molecule has 4 aromatic rings. The molecule has 174 valence electrons. The van der Waals surface area contributed by atoms with Crippen LogP contribution in [0.3, 0.4) is 0 Å². The lowest BCUT2D eigenvalue weighted by atomic mass is 10.1. The fourth-order valence-corrected chi connectivity index (χ4v) is 4.82. The molecule has 0 aliphatic rings. The van der Waals surface area contributed by atoms with E-state index in [9.17, 15) is 4.79 Å². The number of hydrogen-bond acceptors (Lipinski definition) is 6. The molecule has 0 aliphatic carbocycles. The van der Waals surface area contributed by atoms with Crippen molar-refractivity contribution in [3.8, 4) is 11.5 Å². The molecule has 9 heteroatoms. The van der Waals surface area contributed by atoms with Crippen LogP contribution in [0.15, 0.2) is 49.1 Å². The minimum Gasteiger partial charge on any atom is -0.493 e. The molecule has 0 saturated heterocycles. The zero-order chi connectivity index (χ0) is 22.7. The minimum absolute atomic E-state index is 0. The molecule has 2 heterocycles. The molecule has 0 fully saturated rings. The molecular formula is C24H27ClN4O3S. The zero-order valence-electron chi connectivity index (χ0n) is 19.1. The molecule has 7 nitrogen and oxygen atoms in total. The number of para-hydroxylation sites is 1. The maximum atomic E-state index is 13.8. The maximum Gasteiger partial charge on any atom is 0.263 e. The van der Waals surface area contributed by atoms with E-state index in [1.807, 2.05) is 17.7 Å². The van der Waals surface area contributed by atoms with E-state index in [1.54, 1.807) is 61.2 Å².